The number of aromatic nitrogens is 2. The van der Waals surface area contributed by atoms with E-state index >= 15 is 0 Å². The molecule has 1 aromatic heterocycles. The molecule has 0 amide bonds. The molecule has 244 valence electrons. The molecule has 0 fully saturated rings. The Morgan fingerprint density at radius 3 is 1.59 bits per heavy atom. The third-order valence-electron chi connectivity index (χ3n) is 10.5. The summed E-state index contributed by atoms with van der Waals surface area (Å²) in [5, 5.41) is 0. The van der Waals surface area contributed by atoms with E-state index in [1.807, 2.05) is 0 Å². The number of benzene rings is 6. The van der Waals surface area contributed by atoms with Crippen LogP contribution in [-0.4, -0.2) is 9.97 Å². The molecule has 0 bridgehead atoms. The number of allylic oxidation sites excluding steroid dienone is 4. The second-order valence-electron chi connectivity index (χ2n) is 14.1. The smallest absolute Gasteiger partial charge is 0.0973 e. The minimum Gasteiger partial charge on any atom is -0.243 e. The first kappa shape index (κ1) is 30.9. The van der Waals surface area contributed by atoms with E-state index in [2.05, 4.69) is 184 Å². The Bertz CT molecular complexity index is 2490. The summed E-state index contributed by atoms with van der Waals surface area (Å²) in [6, 6.07) is 54.5. The van der Waals surface area contributed by atoms with E-state index in [1.165, 1.54) is 38.9 Å². The van der Waals surface area contributed by atoms with Crippen molar-refractivity contribution in [3.05, 3.63) is 187 Å². The summed E-state index contributed by atoms with van der Waals surface area (Å²) >= 11 is 0. The number of fused-ring (bicyclic) bond motifs is 3. The van der Waals surface area contributed by atoms with E-state index < -0.39 is 0 Å². The fraction of sp³-hybridized carbons (Fsp3) is 0.102. The summed E-state index contributed by atoms with van der Waals surface area (Å²) in [5.41, 5.74) is 18.1. The predicted octanol–water partition coefficient (Wildman–Crippen LogP) is 12.9. The first-order valence-electron chi connectivity index (χ1n) is 17.9. The third-order valence-corrected chi connectivity index (χ3v) is 10.5. The van der Waals surface area contributed by atoms with Crippen LogP contribution < -0.4 is 0 Å². The molecule has 7 aromatic rings. The van der Waals surface area contributed by atoms with E-state index in [4.69, 9.17) is 9.97 Å². The summed E-state index contributed by atoms with van der Waals surface area (Å²) in [5.74, 6) is 0. The maximum atomic E-state index is 5.49. The van der Waals surface area contributed by atoms with Crippen LogP contribution in [0.1, 0.15) is 43.5 Å². The third kappa shape index (κ3) is 5.54. The van der Waals surface area contributed by atoms with E-state index in [9.17, 15) is 0 Å². The highest BCUT2D eigenvalue weighted by molar-refractivity contribution is 5.89. The van der Waals surface area contributed by atoms with Gasteiger partial charge in [-0.1, -0.05) is 166 Å². The molecule has 6 aromatic carbocycles. The van der Waals surface area contributed by atoms with Crippen molar-refractivity contribution in [3.63, 3.8) is 0 Å². The fourth-order valence-corrected chi connectivity index (χ4v) is 7.83. The first-order valence-corrected chi connectivity index (χ1v) is 17.9. The van der Waals surface area contributed by atoms with Crippen molar-refractivity contribution in [1.29, 1.82) is 0 Å². The number of rotatable bonds is 6. The zero-order chi connectivity index (χ0) is 34.4. The van der Waals surface area contributed by atoms with Crippen LogP contribution in [0.4, 0.5) is 0 Å². The zero-order valence-electron chi connectivity index (χ0n) is 29.0. The molecular formula is C49H38N2. The van der Waals surface area contributed by atoms with Crippen LogP contribution in [0.5, 0.6) is 0 Å². The second kappa shape index (κ2) is 12.6. The van der Waals surface area contributed by atoms with Crippen molar-refractivity contribution in [2.75, 3.05) is 0 Å². The van der Waals surface area contributed by atoms with Gasteiger partial charge < -0.3 is 0 Å². The maximum absolute atomic E-state index is 5.49. The summed E-state index contributed by atoms with van der Waals surface area (Å²) in [7, 11) is 0. The molecule has 0 N–H and O–H groups in total. The van der Waals surface area contributed by atoms with Crippen LogP contribution in [-0.2, 0) is 5.41 Å². The molecule has 0 saturated carbocycles. The van der Waals surface area contributed by atoms with Crippen molar-refractivity contribution >= 4 is 5.57 Å². The molecule has 0 aliphatic heterocycles. The van der Waals surface area contributed by atoms with E-state index in [0.29, 0.717) is 0 Å². The lowest BCUT2D eigenvalue weighted by Crippen LogP contribution is -2.14. The summed E-state index contributed by atoms with van der Waals surface area (Å²) < 4.78 is 0. The second-order valence-corrected chi connectivity index (χ2v) is 14.1. The Balaban J connectivity index is 1.16. The van der Waals surface area contributed by atoms with Gasteiger partial charge in [0.15, 0.2) is 0 Å². The summed E-state index contributed by atoms with van der Waals surface area (Å²) in [6.07, 6.45) is 8.78. The van der Waals surface area contributed by atoms with Gasteiger partial charge in [0.25, 0.3) is 0 Å². The highest BCUT2D eigenvalue weighted by atomic mass is 14.9. The molecule has 2 aliphatic carbocycles. The van der Waals surface area contributed by atoms with Crippen LogP contribution in [0.25, 0.3) is 72.7 Å². The average Bonchev–Trinajstić information content (AvgIpc) is 3.44. The number of nitrogens with zero attached hydrogens (tertiary/aromatic N) is 2. The van der Waals surface area contributed by atoms with Crippen LogP contribution in [0.2, 0.25) is 0 Å². The standard InChI is InChI=1S/C49H38N2/c1-49(2)43-27-13-12-26-41(43)42-29-28-39(32-44(42)49)37-23-14-22-36(30-37)38-24-15-25-40(31-38)48-47(35-20-10-5-11-21-35)50-45(33-16-6-3-7-17-33)46(51-48)34-18-8-4-9-19-34/h4-6,8-32H,3,7H2,1-2H3. The molecular weight excluding hydrogens is 617 g/mol. The summed E-state index contributed by atoms with van der Waals surface area (Å²) in [6.45, 7) is 4.68. The van der Waals surface area contributed by atoms with Gasteiger partial charge in [-0.25, -0.2) is 9.97 Å². The minimum atomic E-state index is -0.0384. The van der Waals surface area contributed by atoms with Crippen LogP contribution in [0.3, 0.4) is 0 Å². The summed E-state index contributed by atoms with van der Waals surface area (Å²) in [4.78, 5) is 10.9. The lowest BCUT2D eigenvalue weighted by Gasteiger charge is -2.22. The van der Waals surface area contributed by atoms with Crippen molar-refractivity contribution in [2.45, 2.75) is 32.1 Å². The van der Waals surface area contributed by atoms with Crippen LogP contribution in [0, 0.1) is 0 Å². The van der Waals surface area contributed by atoms with Gasteiger partial charge in [-0.15, -0.1) is 0 Å². The molecule has 9 rings (SSSR count). The maximum Gasteiger partial charge on any atom is 0.0973 e. The molecule has 1 heterocycles. The Hall–Kier alpha value is -6.12. The monoisotopic (exact) mass is 654 g/mol. The minimum absolute atomic E-state index is 0.0384. The van der Waals surface area contributed by atoms with Crippen LogP contribution in [0.15, 0.2) is 170 Å². The Kier molecular flexibility index (Phi) is 7.66. The van der Waals surface area contributed by atoms with Gasteiger partial charge in [0.2, 0.25) is 0 Å². The van der Waals surface area contributed by atoms with Gasteiger partial charge in [0, 0.05) is 22.1 Å². The predicted molar refractivity (Wildman–Crippen MR) is 213 cm³/mol. The van der Waals surface area contributed by atoms with Gasteiger partial charge >= 0.3 is 0 Å². The molecule has 0 spiro atoms. The van der Waals surface area contributed by atoms with E-state index in [1.54, 1.807) is 0 Å². The van der Waals surface area contributed by atoms with Gasteiger partial charge in [0.05, 0.1) is 22.8 Å². The molecule has 0 radical (unpaired) electrons. The average molecular weight is 655 g/mol. The van der Waals surface area contributed by atoms with Gasteiger partial charge in [-0.3, -0.25) is 0 Å². The molecule has 2 heteroatoms. The van der Waals surface area contributed by atoms with Crippen molar-refractivity contribution < 1.29 is 0 Å². The first-order chi connectivity index (χ1) is 25.0. The van der Waals surface area contributed by atoms with E-state index in [0.717, 1.165) is 63.4 Å². The van der Waals surface area contributed by atoms with Crippen molar-refractivity contribution in [3.8, 4) is 67.2 Å². The van der Waals surface area contributed by atoms with Gasteiger partial charge in [0.1, 0.15) is 0 Å². The quantitative estimate of drug-likeness (QED) is 0.178. The Morgan fingerprint density at radius 1 is 0.412 bits per heavy atom. The molecule has 2 nitrogen and oxygen atoms in total. The van der Waals surface area contributed by atoms with Crippen molar-refractivity contribution in [1.82, 2.24) is 9.97 Å². The van der Waals surface area contributed by atoms with E-state index in [-0.39, 0.29) is 5.41 Å². The molecule has 51 heavy (non-hydrogen) atoms. The Morgan fingerprint density at radius 2 is 0.922 bits per heavy atom. The normalized spacial score (nSPS) is 14.1. The molecule has 2 aliphatic rings. The number of hydrogen-bond donors (Lipinski definition) is 0. The highest BCUT2D eigenvalue weighted by Gasteiger charge is 2.35. The lowest BCUT2D eigenvalue weighted by molar-refractivity contribution is 0.660. The largest absolute Gasteiger partial charge is 0.243 e. The lowest BCUT2D eigenvalue weighted by atomic mass is 9.81. The topological polar surface area (TPSA) is 25.8 Å². The van der Waals surface area contributed by atoms with Gasteiger partial charge in [-0.05, 0) is 81.1 Å². The highest BCUT2D eigenvalue weighted by Crippen LogP contribution is 2.49. The zero-order valence-corrected chi connectivity index (χ0v) is 29.0. The Labute approximate surface area is 300 Å². The molecule has 0 unspecified atom stereocenters. The van der Waals surface area contributed by atoms with Crippen molar-refractivity contribution in [2.24, 2.45) is 0 Å². The SMILES string of the molecule is CC1(C)c2ccccc2-c2ccc(-c3cccc(-c4cccc(-c5nc(-c6ccccc6)c(C6=CCCC=C6)nc5-c5ccccc5)c4)c3)cc21. The molecule has 0 atom stereocenters. The van der Waals surface area contributed by atoms with Crippen LogP contribution >= 0.6 is 0 Å². The van der Waals surface area contributed by atoms with Gasteiger partial charge in [-0.2, -0.15) is 0 Å². The fourth-order valence-electron chi connectivity index (χ4n) is 7.83. The number of hydrogen-bond acceptors (Lipinski definition) is 2. The molecule has 0 saturated heterocycles.